The van der Waals surface area contributed by atoms with Gasteiger partial charge in [0.25, 0.3) is 5.69 Å². The Morgan fingerprint density at radius 1 is 1.46 bits per heavy atom. The van der Waals surface area contributed by atoms with Crippen LogP contribution in [-0.4, -0.2) is 43.7 Å². The number of hydrogen-bond acceptors (Lipinski definition) is 5. The van der Waals surface area contributed by atoms with Gasteiger partial charge in [-0.2, -0.15) is 5.10 Å². The van der Waals surface area contributed by atoms with Gasteiger partial charge in [0.2, 0.25) is 0 Å². The van der Waals surface area contributed by atoms with Crippen molar-refractivity contribution >= 4 is 17.4 Å². The zero-order valence-corrected chi connectivity index (χ0v) is 13.0. The van der Waals surface area contributed by atoms with Gasteiger partial charge in [0, 0.05) is 37.5 Å². The molecule has 2 amide bonds. The van der Waals surface area contributed by atoms with Gasteiger partial charge in [-0.15, -0.1) is 0 Å². The first-order chi connectivity index (χ1) is 11.6. The van der Waals surface area contributed by atoms with Crippen LogP contribution in [0.15, 0.2) is 36.9 Å². The van der Waals surface area contributed by atoms with Gasteiger partial charge in [-0.3, -0.25) is 14.8 Å². The highest BCUT2D eigenvalue weighted by molar-refractivity contribution is 5.89. The van der Waals surface area contributed by atoms with Crippen molar-refractivity contribution in [3.63, 3.8) is 0 Å². The van der Waals surface area contributed by atoms with Crippen molar-refractivity contribution < 1.29 is 9.72 Å². The number of hydrogen-bond donors (Lipinski definition) is 1. The number of likely N-dealkylation sites (tertiary alicyclic amines) is 1. The molecule has 1 aliphatic heterocycles. The molecule has 0 saturated carbocycles. The number of rotatable bonds is 4. The van der Waals surface area contributed by atoms with Gasteiger partial charge >= 0.3 is 6.03 Å². The standard InChI is InChI=1S/C15H18N6O3/c22-15(18-13-4-1-5-14(7-13)21(23)24)19-6-2-3-12(8-19)9-20-11-16-10-17-20/h1,4-5,7,10-12H,2-3,6,8-9H2,(H,18,22)/t12-/m0/s1. The minimum Gasteiger partial charge on any atom is -0.324 e. The number of carbonyl (C=O) groups is 1. The SMILES string of the molecule is O=C(Nc1cccc([N+](=O)[O-])c1)N1CCC[C@H](Cn2cncn2)C1. The van der Waals surface area contributed by atoms with E-state index in [2.05, 4.69) is 15.4 Å². The molecule has 2 heterocycles. The molecule has 126 valence electrons. The molecule has 1 aliphatic rings. The summed E-state index contributed by atoms with van der Waals surface area (Å²) in [6.45, 7) is 2.02. The molecule has 0 radical (unpaired) electrons. The predicted octanol–water partition coefficient (Wildman–Crippen LogP) is 2.13. The molecule has 1 aromatic heterocycles. The first-order valence-electron chi connectivity index (χ1n) is 7.74. The number of benzene rings is 1. The maximum atomic E-state index is 12.4. The van der Waals surface area contributed by atoms with Crippen molar-refractivity contribution in [2.24, 2.45) is 5.92 Å². The van der Waals surface area contributed by atoms with E-state index >= 15 is 0 Å². The number of aromatic nitrogens is 3. The molecule has 1 fully saturated rings. The van der Waals surface area contributed by atoms with E-state index in [-0.39, 0.29) is 11.7 Å². The van der Waals surface area contributed by atoms with Gasteiger partial charge in [-0.25, -0.2) is 9.78 Å². The lowest BCUT2D eigenvalue weighted by molar-refractivity contribution is -0.384. The van der Waals surface area contributed by atoms with E-state index < -0.39 is 4.92 Å². The number of urea groups is 1. The van der Waals surface area contributed by atoms with Crippen LogP contribution in [0, 0.1) is 16.0 Å². The number of non-ortho nitro benzene ring substituents is 1. The molecule has 0 bridgehead atoms. The molecule has 0 aliphatic carbocycles. The number of nitrogens with zero attached hydrogens (tertiary/aromatic N) is 5. The number of carbonyl (C=O) groups excluding carboxylic acids is 1. The minimum atomic E-state index is -0.481. The van der Waals surface area contributed by atoms with Gasteiger partial charge < -0.3 is 10.2 Å². The number of piperidine rings is 1. The normalized spacial score (nSPS) is 17.5. The van der Waals surface area contributed by atoms with E-state index in [1.54, 1.807) is 28.0 Å². The maximum Gasteiger partial charge on any atom is 0.321 e. The molecule has 3 rings (SSSR count). The van der Waals surface area contributed by atoms with Crippen LogP contribution in [-0.2, 0) is 6.54 Å². The molecule has 1 atom stereocenters. The van der Waals surface area contributed by atoms with Gasteiger partial charge in [-0.05, 0) is 24.8 Å². The van der Waals surface area contributed by atoms with E-state index in [1.807, 2.05) is 0 Å². The lowest BCUT2D eigenvalue weighted by atomic mass is 9.98. The van der Waals surface area contributed by atoms with Crippen molar-refractivity contribution in [1.29, 1.82) is 0 Å². The number of nitro benzene ring substituents is 1. The Labute approximate surface area is 138 Å². The maximum absolute atomic E-state index is 12.4. The third-order valence-electron chi connectivity index (χ3n) is 4.03. The third kappa shape index (κ3) is 3.86. The Morgan fingerprint density at radius 3 is 3.08 bits per heavy atom. The van der Waals surface area contributed by atoms with Gasteiger partial charge in [0.1, 0.15) is 12.7 Å². The van der Waals surface area contributed by atoms with E-state index in [0.29, 0.717) is 24.7 Å². The Kier molecular flexibility index (Phi) is 4.69. The molecule has 2 aromatic rings. The number of nitro groups is 1. The van der Waals surface area contributed by atoms with E-state index in [4.69, 9.17) is 0 Å². The highest BCUT2D eigenvalue weighted by atomic mass is 16.6. The molecule has 1 aromatic carbocycles. The fraction of sp³-hybridized carbons (Fsp3) is 0.400. The van der Waals surface area contributed by atoms with Crippen LogP contribution < -0.4 is 5.32 Å². The molecule has 0 unspecified atom stereocenters. The van der Waals surface area contributed by atoms with Crippen LogP contribution in [0.2, 0.25) is 0 Å². The third-order valence-corrected chi connectivity index (χ3v) is 4.03. The highest BCUT2D eigenvalue weighted by Crippen LogP contribution is 2.21. The van der Waals surface area contributed by atoms with Crippen molar-refractivity contribution in [3.8, 4) is 0 Å². The number of anilines is 1. The number of amides is 2. The summed E-state index contributed by atoms with van der Waals surface area (Å²) >= 11 is 0. The van der Waals surface area contributed by atoms with Gasteiger partial charge in [0.15, 0.2) is 0 Å². The van der Waals surface area contributed by atoms with Crippen LogP contribution in [0.25, 0.3) is 0 Å². The smallest absolute Gasteiger partial charge is 0.321 e. The van der Waals surface area contributed by atoms with Crippen molar-refractivity contribution in [2.45, 2.75) is 19.4 Å². The fourth-order valence-electron chi connectivity index (χ4n) is 2.89. The Morgan fingerprint density at radius 2 is 2.33 bits per heavy atom. The summed E-state index contributed by atoms with van der Waals surface area (Å²) in [6, 6.07) is 5.71. The summed E-state index contributed by atoms with van der Waals surface area (Å²) in [5.74, 6) is 0.316. The van der Waals surface area contributed by atoms with E-state index in [1.165, 1.54) is 18.5 Å². The highest BCUT2D eigenvalue weighted by Gasteiger charge is 2.24. The van der Waals surface area contributed by atoms with Crippen LogP contribution in [0.3, 0.4) is 0 Å². The summed E-state index contributed by atoms with van der Waals surface area (Å²) in [5.41, 5.74) is 0.378. The Bertz CT molecular complexity index is 718. The zero-order chi connectivity index (χ0) is 16.9. The summed E-state index contributed by atoms with van der Waals surface area (Å²) in [4.78, 5) is 28.4. The molecule has 0 spiro atoms. The lowest BCUT2D eigenvalue weighted by Crippen LogP contribution is -2.43. The monoisotopic (exact) mass is 330 g/mol. The van der Waals surface area contributed by atoms with Gasteiger partial charge in [0.05, 0.1) is 4.92 Å². The summed E-state index contributed by atoms with van der Waals surface area (Å²) < 4.78 is 1.77. The largest absolute Gasteiger partial charge is 0.324 e. The molecule has 9 heteroatoms. The second kappa shape index (κ2) is 7.07. The zero-order valence-electron chi connectivity index (χ0n) is 13.0. The summed E-state index contributed by atoms with van der Waals surface area (Å²) in [6.07, 6.45) is 5.11. The molecule has 1 saturated heterocycles. The van der Waals surface area contributed by atoms with Crippen molar-refractivity contribution in [3.05, 3.63) is 47.0 Å². The first kappa shape index (κ1) is 15.9. The second-order valence-electron chi connectivity index (χ2n) is 5.81. The lowest BCUT2D eigenvalue weighted by Gasteiger charge is -2.32. The number of nitrogens with one attached hydrogen (secondary N) is 1. The average Bonchev–Trinajstić information content (AvgIpc) is 3.08. The second-order valence-corrected chi connectivity index (χ2v) is 5.81. The fourth-order valence-corrected chi connectivity index (χ4v) is 2.89. The Balaban J connectivity index is 1.60. The van der Waals surface area contributed by atoms with E-state index in [9.17, 15) is 14.9 Å². The summed E-state index contributed by atoms with van der Waals surface area (Å²) in [5, 5.41) is 17.6. The quantitative estimate of drug-likeness (QED) is 0.683. The minimum absolute atomic E-state index is 0.0458. The van der Waals surface area contributed by atoms with Crippen LogP contribution in [0.4, 0.5) is 16.2 Å². The average molecular weight is 330 g/mol. The van der Waals surface area contributed by atoms with Crippen molar-refractivity contribution in [2.75, 3.05) is 18.4 Å². The predicted molar refractivity (Wildman–Crippen MR) is 86.4 cm³/mol. The molecule has 9 nitrogen and oxygen atoms in total. The van der Waals surface area contributed by atoms with Gasteiger partial charge in [-0.1, -0.05) is 6.07 Å². The van der Waals surface area contributed by atoms with Crippen LogP contribution in [0.5, 0.6) is 0 Å². The van der Waals surface area contributed by atoms with Crippen LogP contribution >= 0.6 is 0 Å². The Hall–Kier alpha value is -2.97. The first-order valence-corrected chi connectivity index (χ1v) is 7.74. The molecule has 1 N–H and O–H groups in total. The van der Waals surface area contributed by atoms with E-state index in [0.717, 1.165) is 19.4 Å². The van der Waals surface area contributed by atoms with Crippen molar-refractivity contribution in [1.82, 2.24) is 19.7 Å². The molecular weight excluding hydrogens is 312 g/mol. The molecule has 24 heavy (non-hydrogen) atoms. The van der Waals surface area contributed by atoms with Crippen LogP contribution in [0.1, 0.15) is 12.8 Å². The molecular formula is C15H18N6O3. The summed E-state index contributed by atoms with van der Waals surface area (Å²) in [7, 11) is 0. The topological polar surface area (TPSA) is 106 Å².